The molecule has 62 heavy (non-hydrogen) atoms. The highest BCUT2D eigenvalue weighted by Crippen LogP contribution is 2.53. The number of hydrogen-bond donors (Lipinski definition) is 0. The van der Waals surface area contributed by atoms with Crippen molar-refractivity contribution < 1.29 is 28.7 Å². The van der Waals surface area contributed by atoms with Crippen LogP contribution in [0.3, 0.4) is 0 Å². The number of ether oxygens (including phenoxy) is 2. The van der Waals surface area contributed by atoms with Crippen LogP contribution in [0, 0.1) is 13.8 Å². The van der Waals surface area contributed by atoms with Gasteiger partial charge in [0, 0.05) is 56.5 Å². The van der Waals surface area contributed by atoms with Crippen molar-refractivity contribution in [2.45, 2.75) is 105 Å². The number of fused-ring (bicyclic) bond motifs is 2. The molecule has 0 radical (unpaired) electrons. The van der Waals surface area contributed by atoms with Crippen molar-refractivity contribution in [2.75, 3.05) is 13.1 Å². The van der Waals surface area contributed by atoms with Crippen LogP contribution in [-0.2, 0) is 0 Å². The Bertz CT molecular complexity index is 2680. The van der Waals surface area contributed by atoms with Crippen LogP contribution in [0.25, 0.3) is 43.1 Å². The number of nitrogens with zero attached hydrogens (tertiary/aromatic N) is 2. The third-order valence-corrected chi connectivity index (χ3v) is 12.9. The molecular weight excluding hydrogens is 773 g/mol. The number of imide groups is 2. The molecule has 8 heteroatoms. The van der Waals surface area contributed by atoms with Crippen molar-refractivity contribution in [1.29, 1.82) is 0 Å². The summed E-state index contributed by atoms with van der Waals surface area (Å²) in [6, 6.07) is 26.6. The van der Waals surface area contributed by atoms with Crippen molar-refractivity contribution in [3.8, 4) is 23.0 Å². The summed E-state index contributed by atoms with van der Waals surface area (Å²) in [6.07, 6.45) is 12.4. The van der Waals surface area contributed by atoms with Crippen molar-refractivity contribution in [2.24, 2.45) is 0 Å². The lowest BCUT2D eigenvalue weighted by molar-refractivity contribution is 0.0592. The lowest BCUT2D eigenvalue weighted by Gasteiger charge is -2.31. The molecule has 2 aliphatic rings. The van der Waals surface area contributed by atoms with Gasteiger partial charge in [0.15, 0.2) is 0 Å². The molecule has 7 aromatic rings. The summed E-state index contributed by atoms with van der Waals surface area (Å²) in [4.78, 5) is 61.0. The number of benzene rings is 7. The number of amides is 4. The number of aryl methyl sites for hydroxylation is 2. The van der Waals surface area contributed by atoms with Gasteiger partial charge < -0.3 is 9.47 Å². The molecule has 2 heterocycles. The first-order valence-corrected chi connectivity index (χ1v) is 22.7. The van der Waals surface area contributed by atoms with Crippen LogP contribution in [0.4, 0.5) is 0 Å². The van der Waals surface area contributed by atoms with Gasteiger partial charge in [-0.3, -0.25) is 29.0 Å². The number of rotatable bonds is 18. The fourth-order valence-electron chi connectivity index (χ4n) is 9.63. The van der Waals surface area contributed by atoms with Crippen LogP contribution in [0.5, 0.6) is 23.0 Å². The molecule has 0 N–H and O–H groups in total. The summed E-state index contributed by atoms with van der Waals surface area (Å²) < 4.78 is 13.6. The van der Waals surface area contributed by atoms with Gasteiger partial charge in [-0.15, -0.1) is 0 Å². The van der Waals surface area contributed by atoms with Gasteiger partial charge >= 0.3 is 0 Å². The molecule has 4 amide bonds. The smallest absolute Gasteiger partial charge is 0.261 e. The van der Waals surface area contributed by atoms with Gasteiger partial charge in [0.2, 0.25) is 0 Å². The van der Waals surface area contributed by atoms with E-state index >= 15 is 0 Å². The standard InChI is InChI=1S/C54H54N2O6/c1-5-7-9-11-13-15-29-55-51(57)39-27-25-37-48-44(62-36-23-19-34(4)20-24-36)32-42-46-40(52(58)56(54(42)60)30-16-14-12-10-8-6-2)28-26-38(50(46)48)47-43(61-35-21-17-33(3)18-22-35)31-41(53(55)59)45(39)49(37)47/h17-28,31-32H,5-16,29-30H2,1-4H3. The Hall–Kier alpha value is -6.28. The fraction of sp³-hybridized carbons (Fsp3) is 0.333. The van der Waals surface area contributed by atoms with Gasteiger partial charge in [0.25, 0.3) is 23.6 Å². The van der Waals surface area contributed by atoms with E-state index in [1.807, 2.05) is 86.6 Å². The minimum atomic E-state index is -0.345. The van der Waals surface area contributed by atoms with Gasteiger partial charge in [-0.1, -0.05) is 126 Å². The molecule has 0 aromatic heterocycles. The Kier molecular flexibility index (Phi) is 11.4. The Morgan fingerprint density at radius 3 is 1.13 bits per heavy atom. The predicted molar refractivity (Wildman–Crippen MR) is 248 cm³/mol. The normalized spacial score (nSPS) is 13.8. The van der Waals surface area contributed by atoms with E-state index in [0.29, 0.717) is 90.7 Å². The second-order valence-electron chi connectivity index (χ2n) is 17.3. The summed E-state index contributed by atoms with van der Waals surface area (Å²) in [6.45, 7) is 9.07. The maximum atomic E-state index is 14.7. The zero-order chi connectivity index (χ0) is 43.1. The van der Waals surface area contributed by atoms with Gasteiger partial charge in [-0.2, -0.15) is 0 Å². The minimum absolute atomic E-state index is 0.311. The summed E-state index contributed by atoms with van der Waals surface area (Å²) in [5, 5.41) is 5.38. The number of carbonyl (C=O) groups is 4. The Balaban J connectivity index is 1.28. The second kappa shape index (κ2) is 17.2. The number of unbranched alkanes of at least 4 members (excludes halogenated alkanes) is 10. The zero-order valence-electron chi connectivity index (χ0n) is 36.3. The van der Waals surface area contributed by atoms with E-state index in [4.69, 9.17) is 9.47 Å². The fourth-order valence-corrected chi connectivity index (χ4v) is 9.63. The summed E-state index contributed by atoms with van der Waals surface area (Å²) in [7, 11) is 0. The molecule has 316 valence electrons. The maximum Gasteiger partial charge on any atom is 0.261 e. The van der Waals surface area contributed by atoms with E-state index in [2.05, 4.69) is 13.8 Å². The van der Waals surface area contributed by atoms with E-state index in [-0.39, 0.29) is 23.6 Å². The lowest BCUT2D eigenvalue weighted by atomic mass is 9.81. The van der Waals surface area contributed by atoms with Crippen LogP contribution in [0.1, 0.15) is 143 Å². The average molecular weight is 827 g/mol. The first kappa shape index (κ1) is 41.1. The minimum Gasteiger partial charge on any atom is -0.457 e. The molecule has 2 aliphatic heterocycles. The van der Waals surface area contributed by atoms with Crippen molar-refractivity contribution in [1.82, 2.24) is 9.80 Å². The van der Waals surface area contributed by atoms with Gasteiger partial charge in [-0.25, -0.2) is 0 Å². The Morgan fingerprint density at radius 2 is 0.742 bits per heavy atom. The highest BCUT2D eigenvalue weighted by atomic mass is 16.5. The summed E-state index contributed by atoms with van der Waals surface area (Å²) in [5.41, 5.74) is 3.87. The molecule has 9 rings (SSSR count). The largest absolute Gasteiger partial charge is 0.457 e. The highest BCUT2D eigenvalue weighted by Gasteiger charge is 2.39. The number of carbonyl (C=O) groups excluding carboxylic acids is 4. The quantitative estimate of drug-likeness (QED) is 0.0370. The molecule has 0 atom stereocenters. The highest BCUT2D eigenvalue weighted by molar-refractivity contribution is 6.43. The molecular formula is C54H54N2O6. The van der Waals surface area contributed by atoms with Crippen LogP contribution in [-0.4, -0.2) is 46.5 Å². The summed E-state index contributed by atoms with van der Waals surface area (Å²) in [5.74, 6) is 0.762. The van der Waals surface area contributed by atoms with Crippen molar-refractivity contribution >= 4 is 66.7 Å². The molecule has 0 bridgehead atoms. The van der Waals surface area contributed by atoms with Gasteiger partial charge in [0.05, 0.1) is 11.1 Å². The SMILES string of the molecule is CCCCCCCCN1C(=O)c2ccc3c4c(Oc5ccc(C)cc5)cc5c6c(ccc(c7c(Oc8ccc(C)cc8)cc(c2c37)C1=O)c64)C(=O)N(CCCCCCCC)C5=O. The molecule has 7 aromatic carbocycles. The van der Waals surface area contributed by atoms with E-state index in [9.17, 15) is 19.2 Å². The molecule has 8 nitrogen and oxygen atoms in total. The molecule has 0 fully saturated rings. The van der Waals surface area contributed by atoms with E-state index in [0.717, 1.165) is 86.1 Å². The summed E-state index contributed by atoms with van der Waals surface area (Å²) >= 11 is 0. The lowest BCUT2D eigenvalue weighted by Crippen LogP contribution is -2.41. The number of hydrogen-bond acceptors (Lipinski definition) is 6. The zero-order valence-corrected chi connectivity index (χ0v) is 36.3. The Morgan fingerprint density at radius 1 is 0.387 bits per heavy atom. The maximum absolute atomic E-state index is 14.7. The first-order valence-electron chi connectivity index (χ1n) is 22.7. The second-order valence-corrected chi connectivity index (χ2v) is 17.3. The molecule has 0 unspecified atom stereocenters. The monoisotopic (exact) mass is 826 g/mol. The molecule has 0 saturated heterocycles. The molecule has 0 spiro atoms. The van der Waals surface area contributed by atoms with E-state index in [1.165, 1.54) is 22.6 Å². The van der Waals surface area contributed by atoms with E-state index < -0.39 is 0 Å². The average Bonchev–Trinajstić information content (AvgIpc) is 3.27. The van der Waals surface area contributed by atoms with E-state index in [1.54, 1.807) is 12.1 Å². The topological polar surface area (TPSA) is 93.2 Å². The van der Waals surface area contributed by atoms with Crippen LogP contribution < -0.4 is 9.47 Å². The van der Waals surface area contributed by atoms with Crippen LogP contribution >= 0.6 is 0 Å². The van der Waals surface area contributed by atoms with Crippen LogP contribution in [0.15, 0.2) is 84.9 Å². The molecule has 0 saturated carbocycles. The van der Waals surface area contributed by atoms with Crippen LogP contribution in [0.2, 0.25) is 0 Å². The first-order chi connectivity index (χ1) is 30.2. The van der Waals surface area contributed by atoms with Crippen molar-refractivity contribution in [3.05, 3.63) is 118 Å². The third-order valence-electron chi connectivity index (χ3n) is 12.9. The Labute approximate surface area is 363 Å². The third kappa shape index (κ3) is 7.23. The van der Waals surface area contributed by atoms with Crippen molar-refractivity contribution in [3.63, 3.8) is 0 Å². The van der Waals surface area contributed by atoms with Gasteiger partial charge in [0.1, 0.15) is 23.0 Å². The predicted octanol–water partition coefficient (Wildman–Crippen LogP) is 13.9. The van der Waals surface area contributed by atoms with Gasteiger partial charge in [-0.05, 0) is 86.0 Å². The molecule has 0 aliphatic carbocycles.